The summed E-state index contributed by atoms with van der Waals surface area (Å²) < 4.78 is 38.5. The van der Waals surface area contributed by atoms with Gasteiger partial charge in [0.2, 0.25) is 0 Å². The monoisotopic (exact) mass is 437 g/mol. The molecule has 2 aromatic carbocycles. The topological polar surface area (TPSA) is 54.9 Å². The van der Waals surface area contributed by atoms with Crippen LogP contribution in [0.25, 0.3) is 0 Å². The average molecular weight is 438 g/mol. The lowest BCUT2D eigenvalue weighted by molar-refractivity contribution is -0.137. The van der Waals surface area contributed by atoms with E-state index >= 15 is 0 Å². The molecular weight excluding hydrogens is 423 g/mol. The third kappa shape index (κ3) is 5.71. The third-order valence-electron chi connectivity index (χ3n) is 3.84. The fraction of sp³-hybridized carbons (Fsp3) is 0.150. The molecule has 0 aliphatic carbocycles. The maximum atomic E-state index is 12.8. The van der Waals surface area contributed by atoms with Crippen LogP contribution in [-0.4, -0.2) is 15.9 Å². The van der Waals surface area contributed by atoms with Gasteiger partial charge in [-0.25, -0.2) is 9.97 Å². The molecule has 0 aliphatic rings. The molecule has 0 aliphatic heterocycles. The number of nitrogens with zero attached hydrogens (tertiary/aromatic N) is 2. The Morgan fingerprint density at radius 2 is 1.93 bits per heavy atom. The first-order valence-electron chi connectivity index (χ1n) is 8.42. The molecule has 0 bridgehead atoms. The van der Waals surface area contributed by atoms with Gasteiger partial charge in [-0.2, -0.15) is 13.2 Å². The highest BCUT2D eigenvalue weighted by Crippen LogP contribution is 2.31. The van der Waals surface area contributed by atoms with E-state index in [2.05, 4.69) is 15.3 Å². The van der Waals surface area contributed by atoms with Crippen LogP contribution in [0.3, 0.4) is 0 Å². The van der Waals surface area contributed by atoms with Crippen molar-refractivity contribution in [1.29, 1.82) is 0 Å². The fourth-order valence-corrected chi connectivity index (χ4v) is 3.43. The summed E-state index contributed by atoms with van der Waals surface area (Å²) in [6.45, 7) is 1.99. The average Bonchev–Trinajstić information content (AvgIpc) is 2.67. The molecule has 0 saturated carbocycles. The number of carbonyl (C=O) groups excluding carboxylic acids is 1. The predicted octanol–water partition coefficient (Wildman–Crippen LogP) is 6.00. The van der Waals surface area contributed by atoms with Crippen LogP contribution in [0, 0.1) is 6.92 Å². The molecule has 1 amide bonds. The van der Waals surface area contributed by atoms with Gasteiger partial charge in [-0.1, -0.05) is 59.3 Å². The summed E-state index contributed by atoms with van der Waals surface area (Å²) in [4.78, 5) is 20.8. The van der Waals surface area contributed by atoms with Gasteiger partial charge in [-0.05, 0) is 30.7 Å². The van der Waals surface area contributed by atoms with E-state index in [-0.39, 0.29) is 16.4 Å². The van der Waals surface area contributed by atoms with Gasteiger partial charge in [0, 0.05) is 11.4 Å². The van der Waals surface area contributed by atoms with E-state index in [1.54, 1.807) is 0 Å². The number of halogens is 4. The molecule has 29 heavy (non-hydrogen) atoms. The van der Waals surface area contributed by atoms with Crippen LogP contribution in [0.15, 0.2) is 59.9 Å². The molecule has 0 fully saturated rings. The number of amides is 1. The van der Waals surface area contributed by atoms with E-state index in [4.69, 9.17) is 11.6 Å². The standard InChI is InChI=1S/C20H15ClF3N3OS/c1-12-4-2-5-13(8-12)11-29-19-25-10-16(21)17(27-19)18(28)26-15-7-3-6-14(9-15)20(22,23)24/h2-10H,11H2,1H3,(H,26,28). The van der Waals surface area contributed by atoms with E-state index in [0.29, 0.717) is 10.9 Å². The fourth-order valence-electron chi connectivity index (χ4n) is 2.49. The molecule has 0 saturated heterocycles. The summed E-state index contributed by atoms with van der Waals surface area (Å²) in [5.41, 5.74) is 1.22. The van der Waals surface area contributed by atoms with Crippen LogP contribution in [-0.2, 0) is 11.9 Å². The summed E-state index contributed by atoms with van der Waals surface area (Å²) in [5, 5.41) is 2.74. The number of hydrogen-bond donors (Lipinski definition) is 1. The van der Waals surface area contributed by atoms with E-state index in [1.165, 1.54) is 30.1 Å². The molecule has 3 rings (SSSR count). The molecule has 4 nitrogen and oxygen atoms in total. The van der Waals surface area contributed by atoms with Crippen molar-refractivity contribution in [2.75, 3.05) is 5.32 Å². The number of thioether (sulfide) groups is 1. The second kappa shape index (κ2) is 8.84. The number of anilines is 1. The van der Waals surface area contributed by atoms with Gasteiger partial charge in [0.1, 0.15) is 0 Å². The molecule has 3 aromatic rings. The highest BCUT2D eigenvalue weighted by Gasteiger charge is 2.30. The molecule has 9 heteroatoms. The Morgan fingerprint density at radius 3 is 2.66 bits per heavy atom. The van der Waals surface area contributed by atoms with Crippen LogP contribution in [0.2, 0.25) is 5.02 Å². The summed E-state index contributed by atoms with van der Waals surface area (Å²) in [6.07, 6.45) is -3.21. The number of carbonyl (C=O) groups is 1. The van der Waals surface area contributed by atoms with Crippen LogP contribution >= 0.6 is 23.4 Å². The second-order valence-electron chi connectivity index (χ2n) is 6.16. The van der Waals surface area contributed by atoms with Crippen LogP contribution in [0.1, 0.15) is 27.2 Å². The van der Waals surface area contributed by atoms with Crippen molar-refractivity contribution in [3.8, 4) is 0 Å². The van der Waals surface area contributed by atoms with Crippen molar-refractivity contribution >= 4 is 35.0 Å². The molecule has 1 aromatic heterocycles. The molecule has 1 heterocycles. The SMILES string of the molecule is Cc1cccc(CSc2ncc(Cl)c(C(=O)Nc3cccc(C(F)(F)F)c3)n2)c1. The smallest absolute Gasteiger partial charge is 0.321 e. The first kappa shape index (κ1) is 21.1. The molecule has 1 N–H and O–H groups in total. The zero-order valence-corrected chi connectivity index (χ0v) is 16.7. The maximum Gasteiger partial charge on any atom is 0.416 e. The highest BCUT2D eigenvalue weighted by atomic mass is 35.5. The lowest BCUT2D eigenvalue weighted by Gasteiger charge is -2.10. The van der Waals surface area contributed by atoms with Gasteiger partial charge in [-0.15, -0.1) is 0 Å². The van der Waals surface area contributed by atoms with Gasteiger partial charge >= 0.3 is 6.18 Å². The van der Waals surface area contributed by atoms with E-state index in [0.717, 1.165) is 23.3 Å². The Hall–Kier alpha value is -2.58. The molecule has 0 atom stereocenters. The number of alkyl halides is 3. The maximum absolute atomic E-state index is 12.8. The number of aryl methyl sites for hydroxylation is 1. The number of aromatic nitrogens is 2. The zero-order valence-electron chi connectivity index (χ0n) is 15.1. The van der Waals surface area contributed by atoms with Crippen molar-refractivity contribution < 1.29 is 18.0 Å². The number of nitrogens with one attached hydrogen (secondary N) is 1. The van der Waals surface area contributed by atoms with Crippen molar-refractivity contribution in [2.24, 2.45) is 0 Å². The molecular formula is C20H15ClF3N3OS. The first-order valence-corrected chi connectivity index (χ1v) is 9.78. The summed E-state index contributed by atoms with van der Waals surface area (Å²) in [7, 11) is 0. The van der Waals surface area contributed by atoms with Gasteiger partial charge < -0.3 is 5.32 Å². The summed E-state index contributed by atoms with van der Waals surface area (Å²) in [6, 6.07) is 12.3. The van der Waals surface area contributed by atoms with Gasteiger partial charge in [-0.3, -0.25) is 4.79 Å². The number of rotatable bonds is 5. The van der Waals surface area contributed by atoms with Crippen molar-refractivity contribution in [1.82, 2.24) is 9.97 Å². The normalized spacial score (nSPS) is 11.3. The number of hydrogen-bond acceptors (Lipinski definition) is 4. The minimum atomic E-state index is -4.51. The predicted molar refractivity (Wildman–Crippen MR) is 107 cm³/mol. The Labute approximate surface area is 174 Å². The van der Waals surface area contributed by atoms with E-state index in [9.17, 15) is 18.0 Å². The largest absolute Gasteiger partial charge is 0.416 e. The minimum absolute atomic E-state index is 0.00605. The Morgan fingerprint density at radius 1 is 1.17 bits per heavy atom. The Bertz CT molecular complexity index is 1040. The molecule has 150 valence electrons. The zero-order chi connectivity index (χ0) is 21.0. The van der Waals surface area contributed by atoms with Crippen molar-refractivity contribution in [3.63, 3.8) is 0 Å². The van der Waals surface area contributed by atoms with E-state index < -0.39 is 17.6 Å². The van der Waals surface area contributed by atoms with Gasteiger partial charge in [0.05, 0.1) is 16.8 Å². The Balaban J connectivity index is 1.74. The lowest BCUT2D eigenvalue weighted by atomic mass is 10.2. The summed E-state index contributed by atoms with van der Waals surface area (Å²) >= 11 is 7.35. The summed E-state index contributed by atoms with van der Waals surface area (Å²) in [5.74, 6) is -0.119. The first-order chi connectivity index (χ1) is 13.7. The van der Waals surface area contributed by atoms with Crippen LogP contribution in [0.5, 0.6) is 0 Å². The van der Waals surface area contributed by atoms with Crippen LogP contribution < -0.4 is 5.32 Å². The quantitative estimate of drug-likeness (QED) is 0.393. The Kier molecular flexibility index (Phi) is 6.44. The minimum Gasteiger partial charge on any atom is -0.321 e. The highest BCUT2D eigenvalue weighted by molar-refractivity contribution is 7.98. The van der Waals surface area contributed by atoms with Gasteiger partial charge in [0.25, 0.3) is 5.91 Å². The second-order valence-corrected chi connectivity index (χ2v) is 7.51. The molecule has 0 unspecified atom stereocenters. The van der Waals surface area contributed by atoms with Crippen molar-refractivity contribution in [3.05, 3.63) is 82.1 Å². The molecule has 0 radical (unpaired) electrons. The van der Waals surface area contributed by atoms with Gasteiger partial charge in [0.15, 0.2) is 10.9 Å². The third-order valence-corrected chi connectivity index (χ3v) is 5.04. The van der Waals surface area contributed by atoms with Crippen LogP contribution in [0.4, 0.5) is 18.9 Å². The van der Waals surface area contributed by atoms with E-state index in [1.807, 2.05) is 31.2 Å². The lowest BCUT2D eigenvalue weighted by Crippen LogP contribution is -2.16. The van der Waals surface area contributed by atoms with Crippen molar-refractivity contribution in [2.45, 2.75) is 24.0 Å². The molecule has 0 spiro atoms. The number of benzene rings is 2.